The van der Waals surface area contributed by atoms with Crippen molar-refractivity contribution in [2.75, 3.05) is 6.61 Å². The Kier molecular flexibility index (Phi) is 6.24. The molecule has 1 aromatic rings. The lowest BCUT2D eigenvalue weighted by molar-refractivity contribution is -0.384. The Morgan fingerprint density at radius 2 is 2.10 bits per heavy atom. The minimum Gasteiger partial charge on any atom is -0.491 e. The van der Waals surface area contributed by atoms with E-state index in [1.807, 2.05) is 0 Å². The number of aromatic carboxylic acids is 1. The highest BCUT2D eigenvalue weighted by Gasteiger charge is 2.21. The van der Waals surface area contributed by atoms with Crippen LogP contribution < -0.4 is 4.74 Å². The molecule has 0 amide bonds. The third-order valence-electron chi connectivity index (χ3n) is 2.71. The summed E-state index contributed by atoms with van der Waals surface area (Å²) in [6, 6.07) is 2.05. The molecule has 0 fully saturated rings. The Hall–Kier alpha value is -1.82. The van der Waals surface area contributed by atoms with Crippen LogP contribution in [0.1, 0.15) is 43.0 Å². The SMILES string of the molecule is CCCCCCOc1c(Cl)cc([N+](=O)[O-])cc1C(=O)O. The third kappa shape index (κ3) is 4.38. The summed E-state index contributed by atoms with van der Waals surface area (Å²) in [4.78, 5) is 21.1. The molecule has 0 aliphatic heterocycles. The van der Waals surface area contributed by atoms with Crippen molar-refractivity contribution in [2.45, 2.75) is 32.6 Å². The summed E-state index contributed by atoms with van der Waals surface area (Å²) < 4.78 is 5.38. The molecular formula is C13H16ClNO5. The van der Waals surface area contributed by atoms with E-state index < -0.39 is 10.9 Å². The van der Waals surface area contributed by atoms with Gasteiger partial charge in [-0.15, -0.1) is 0 Å². The largest absolute Gasteiger partial charge is 0.491 e. The summed E-state index contributed by atoms with van der Waals surface area (Å²) >= 11 is 5.87. The molecule has 6 nitrogen and oxygen atoms in total. The monoisotopic (exact) mass is 301 g/mol. The molecule has 0 aliphatic carbocycles. The molecule has 1 rings (SSSR count). The Morgan fingerprint density at radius 1 is 1.40 bits per heavy atom. The second-order valence-corrected chi connectivity index (χ2v) is 4.68. The predicted octanol–water partition coefficient (Wildman–Crippen LogP) is 3.91. The first-order valence-electron chi connectivity index (χ1n) is 6.31. The molecule has 0 atom stereocenters. The molecular weight excluding hydrogens is 286 g/mol. The standard InChI is InChI=1S/C13H16ClNO5/c1-2-3-4-5-6-20-12-10(13(16)17)7-9(15(18)19)8-11(12)14/h7-8H,2-6H2,1H3,(H,16,17). The molecule has 20 heavy (non-hydrogen) atoms. The van der Waals surface area contributed by atoms with E-state index in [2.05, 4.69) is 6.92 Å². The molecule has 0 saturated heterocycles. The van der Waals surface area contributed by atoms with Crippen LogP contribution in [0.2, 0.25) is 5.02 Å². The van der Waals surface area contributed by atoms with Crippen LogP contribution in [0.4, 0.5) is 5.69 Å². The number of hydrogen-bond donors (Lipinski definition) is 1. The number of rotatable bonds is 8. The van der Waals surface area contributed by atoms with Gasteiger partial charge in [0.2, 0.25) is 0 Å². The van der Waals surface area contributed by atoms with Crippen LogP contribution in [0.3, 0.4) is 0 Å². The molecule has 0 radical (unpaired) electrons. The van der Waals surface area contributed by atoms with E-state index in [4.69, 9.17) is 21.4 Å². The molecule has 0 unspecified atom stereocenters. The van der Waals surface area contributed by atoms with Crippen LogP contribution in [0.5, 0.6) is 5.75 Å². The third-order valence-corrected chi connectivity index (χ3v) is 2.99. The number of nitro benzene ring substituents is 1. The highest BCUT2D eigenvalue weighted by atomic mass is 35.5. The van der Waals surface area contributed by atoms with Crippen LogP contribution >= 0.6 is 11.6 Å². The number of ether oxygens (including phenoxy) is 1. The van der Waals surface area contributed by atoms with Crippen LogP contribution in [-0.4, -0.2) is 22.6 Å². The van der Waals surface area contributed by atoms with E-state index in [9.17, 15) is 14.9 Å². The first-order valence-corrected chi connectivity index (χ1v) is 6.69. The fourth-order valence-corrected chi connectivity index (χ4v) is 1.96. The van der Waals surface area contributed by atoms with Crippen molar-refractivity contribution in [1.29, 1.82) is 0 Å². The average molecular weight is 302 g/mol. The van der Waals surface area contributed by atoms with Crippen molar-refractivity contribution in [1.82, 2.24) is 0 Å². The van der Waals surface area contributed by atoms with Crippen LogP contribution in [0.25, 0.3) is 0 Å². The van der Waals surface area contributed by atoms with Crippen LogP contribution in [0, 0.1) is 10.1 Å². The summed E-state index contributed by atoms with van der Waals surface area (Å²) in [5.74, 6) is -1.32. The van der Waals surface area contributed by atoms with Crippen LogP contribution in [0.15, 0.2) is 12.1 Å². The van der Waals surface area contributed by atoms with Gasteiger partial charge in [0.1, 0.15) is 5.56 Å². The highest BCUT2D eigenvalue weighted by molar-refractivity contribution is 6.32. The minimum absolute atomic E-state index is 0.0127. The van der Waals surface area contributed by atoms with Crippen molar-refractivity contribution in [3.63, 3.8) is 0 Å². The number of carboxylic acid groups (broad SMARTS) is 1. The van der Waals surface area contributed by atoms with E-state index in [-0.39, 0.29) is 22.0 Å². The number of hydrogen-bond acceptors (Lipinski definition) is 4. The second kappa shape index (κ2) is 7.69. The average Bonchev–Trinajstić information content (AvgIpc) is 2.39. The van der Waals surface area contributed by atoms with Gasteiger partial charge >= 0.3 is 5.97 Å². The smallest absolute Gasteiger partial charge is 0.339 e. The molecule has 0 bridgehead atoms. The lowest BCUT2D eigenvalue weighted by atomic mass is 10.1. The summed E-state index contributed by atoms with van der Waals surface area (Å²) in [6.07, 6.45) is 3.91. The van der Waals surface area contributed by atoms with Gasteiger partial charge in [-0.05, 0) is 6.42 Å². The number of carbonyl (C=O) groups is 1. The second-order valence-electron chi connectivity index (χ2n) is 4.28. The number of halogens is 1. The van der Waals surface area contributed by atoms with Gasteiger partial charge in [-0.3, -0.25) is 10.1 Å². The molecule has 110 valence electrons. The van der Waals surface area contributed by atoms with Gasteiger partial charge < -0.3 is 9.84 Å². The lowest BCUT2D eigenvalue weighted by Gasteiger charge is -2.10. The molecule has 0 aliphatic rings. The maximum atomic E-state index is 11.1. The van der Waals surface area contributed by atoms with E-state index in [1.54, 1.807) is 0 Å². The number of unbranched alkanes of at least 4 members (excludes halogenated alkanes) is 3. The van der Waals surface area contributed by atoms with E-state index in [0.717, 1.165) is 37.8 Å². The molecule has 7 heteroatoms. The molecule has 0 spiro atoms. The maximum Gasteiger partial charge on any atom is 0.339 e. The number of benzene rings is 1. The molecule has 0 aromatic heterocycles. The molecule has 0 heterocycles. The normalized spacial score (nSPS) is 10.3. The van der Waals surface area contributed by atoms with Crippen molar-refractivity contribution in [3.8, 4) is 5.75 Å². The van der Waals surface area contributed by atoms with Gasteiger partial charge in [0.15, 0.2) is 5.75 Å². The Balaban J connectivity index is 2.88. The van der Waals surface area contributed by atoms with Gasteiger partial charge in [0, 0.05) is 12.1 Å². The molecule has 1 N–H and O–H groups in total. The predicted molar refractivity (Wildman–Crippen MR) is 74.7 cm³/mol. The van der Waals surface area contributed by atoms with Crippen molar-refractivity contribution < 1.29 is 19.6 Å². The van der Waals surface area contributed by atoms with Gasteiger partial charge in [0.25, 0.3) is 5.69 Å². The molecule has 0 saturated carbocycles. The fraction of sp³-hybridized carbons (Fsp3) is 0.462. The first kappa shape index (κ1) is 16.2. The zero-order chi connectivity index (χ0) is 15.1. The number of nitro groups is 1. The minimum atomic E-state index is -1.31. The van der Waals surface area contributed by atoms with Gasteiger partial charge in [-0.25, -0.2) is 4.79 Å². The summed E-state index contributed by atoms with van der Waals surface area (Å²) in [6.45, 7) is 2.41. The van der Waals surface area contributed by atoms with Gasteiger partial charge in [-0.2, -0.15) is 0 Å². The number of non-ortho nitro benzene ring substituents is 1. The quantitative estimate of drug-likeness (QED) is 0.446. The zero-order valence-electron chi connectivity index (χ0n) is 11.1. The number of carboxylic acids is 1. The van der Waals surface area contributed by atoms with Crippen molar-refractivity contribution in [2.24, 2.45) is 0 Å². The van der Waals surface area contributed by atoms with Crippen molar-refractivity contribution in [3.05, 3.63) is 32.8 Å². The maximum absolute atomic E-state index is 11.1. The fourth-order valence-electron chi connectivity index (χ4n) is 1.69. The number of nitrogens with zero attached hydrogens (tertiary/aromatic N) is 1. The lowest BCUT2D eigenvalue weighted by Crippen LogP contribution is -2.06. The Labute approximate surface area is 121 Å². The summed E-state index contributed by atoms with van der Waals surface area (Å²) in [5, 5.41) is 19.7. The van der Waals surface area contributed by atoms with Gasteiger partial charge in [0.05, 0.1) is 16.6 Å². The van der Waals surface area contributed by atoms with Crippen molar-refractivity contribution >= 4 is 23.3 Å². The zero-order valence-corrected chi connectivity index (χ0v) is 11.9. The molecule has 1 aromatic carbocycles. The first-order chi connectivity index (χ1) is 9.47. The topological polar surface area (TPSA) is 89.7 Å². The van der Waals surface area contributed by atoms with E-state index in [1.165, 1.54) is 0 Å². The van der Waals surface area contributed by atoms with Crippen LogP contribution in [-0.2, 0) is 0 Å². The summed E-state index contributed by atoms with van der Waals surface area (Å²) in [5.41, 5.74) is -0.662. The highest BCUT2D eigenvalue weighted by Crippen LogP contribution is 2.33. The van der Waals surface area contributed by atoms with E-state index in [0.29, 0.717) is 6.61 Å². The Bertz CT molecular complexity index is 504. The Morgan fingerprint density at radius 3 is 2.65 bits per heavy atom. The van der Waals surface area contributed by atoms with E-state index >= 15 is 0 Å². The van der Waals surface area contributed by atoms with Gasteiger partial charge in [-0.1, -0.05) is 37.8 Å². The summed E-state index contributed by atoms with van der Waals surface area (Å²) in [7, 11) is 0.